The summed E-state index contributed by atoms with van der Waals surface area (Å²) in [5.74, 6) is 4.13. The van der Waals surface area contributed by atoms with E-state index in [0.29, 0.717) is 41.1 Å². The van der Waals surface area contributed by atoms with Gasteiger partial charge in [0.1, 0.15) is 5.75 Å². The molecule has 0 amide bonds. The lowest BCUT2D eigenvalue weighted by atomic mass is 9.70. The molecule has 2 aliphatic rings. The molecule has 284 valence electrons. The minimum atomic E-state index is 0. The standard InChI is InChI=1S/C22H34O2.C21H32O3.2CH4/c1-14(2)8-7-9-18(13-23)19-11-10-15(3)21-20(19)12-16(4)17(5)22(21)24-6;1-13(2)7-6-8-16(12-22)17-10-9-14(3)19-18(17)11-15(4)21(24-5)20(19)23;;/h8,12,15,18-19,23H,7,9-11,13H2,1-6H3;7,11,14,16-17,22-23H,6,8-10,12H2,1-5H3;2*1H4/t15-,18-,19+;14-,16-,17+;;/m11../s1. The molecule has 3 N–H and O–H groups in total. The molecule has 2 aromatic carbocycles. The van der Waals surface area contributed by atoms with Crippen molar-refractivity contribution in [2.45, 2.75) is 152 Å². The summed E-state index contributed by atoms with van der Waals surface area (Å²) in [5.41, 5.74) is 11.2. The third-order valence-corrected chi connectivity index (χ3v) is 11.2. The van der Waals surface area contributed by atoms with Crippen molar-refractivity contribution in [2.24, 2.45) is 11.8 Å². The van der Waals surface area contributed by atoms with Crippen molar-refractivity contribution in [3.8, 4) is 17.2 Å². The number of aliphatic hydroxyl groups excluding tert-OH is 2. The number of hydrogen-bond acceptors (Lipinski definition) is 5. The number of hydrogen-bond donors (Lipinski definition) is 3. The molecule has 5 heteroatoms. The van der Waals surface area contributed by atoms with Gasteiger partial charge in [-0.25, -0.2) is 0 Å². The molecule has 0 heterocycles. The molecule has 50 heavy (non-hydrogen) atoms. The number of ether oxygens (including phenoxy) is 2. The lowest BCUT2D eigenvalue weighted by Gasteiger charge is -2.36. The van der Waals surface area contributed by atoms with E-state index in [1.54, 1.807) is 14.2 Å². The van der Waals surface area contributed by atoms with Gasteiger partial charge in [-0.3, -0.25) is 0 Å². The normalized spacial score (nSPS) is 20.3. The van der Waals surface area contributed by atoms with Gasteiger partial charge in [-0.2, -0.15) is 0 Å². The second-order valence-electron chi connectivity index (χ2n) is 15.2. The maximum Gasteiger partial charge on any atom is 0.163 e. The molecular weight excluding hydrogens is 620 g/mol. The Morgan fingerprint density at radius 1 is 0.700 bits per heavy atom. The number of phenols is 1. The molecule has 4 rings (SSSR count). The van der Waals surface area contributed by atoms with E-state index in [0.717, 1.165) is 55.4 Å². The van der Waals surface area contributed by atoms with E-state index >= 15 is 0 Å². The van der Waals surface area contributed by atoms with E-state index in [2.05, 4.69) is 79.7 Å². The van der Waals surface area contributed by atoms with Gasteiger partial charge in [0.15, 0.2) is 11.5 Å². The second-order valence-corrected chi connectivity index (χ2v) is 15.2. The number of aryl methyl sites for hydroxylation is 2. The van der Waals surface area contributed by atoms with Gasteiger partial charge in [-0.15, -0.1) is 0 Å². The van der Waals surface area contributed by atoms with Crippen LogP contribution in [0, 0.1) is 32.6 Å². The van der Waals surface area contributed by atoms with E-state index in [-0.39, 0.29) is 34.0 Å². The molecule has 2 aliphatic carbocycles. The summed E-state index contributed by atoms with van der Waals surface area (Å²) in [7, 11) is 3.39. The largest absolute Gasteiger partial charge is 0.504 e. The van der Waals surface area contributed by atoms with Crippen LogP contribution in [0.2, 0.25) is 0 Å². The van der Waals surface area contributed by atoms with Gasteiger partial charge in [0.05, 0.1) is 14.2 Å². The summed E-state index contributed by atoms with van der Waals surface area (Å²) in [4.78, 5) is 0. The van der Waals surface area contributed by atoms with Gasteiger partial charge in [0.25, 0.3) is 0 Å². The van der Waals surface area contributed by atoms with E-state index < -0.39 is 0 Å². The molecule has 0 radical (unpaired) electrons. The van der Waals surface area contributed by atoms with Crippen molar-refractivity contribution in [1.82, 2.24) is 0 Å². The maximum atomic E-state index is 10.7. The number of rotatable bonds is 12. The maximum absolute atomic E-state index is 10.7. The molecule has 0 fully saturated rings. The number of phenolic OH excluding ortho intramolecular Hbond substituents is 1. The highest BCUT2D eigenvalue weighted by atomic mass is 16.5. The lowest BCUT2D eigenvalue weighted by Crippen LogP contribution is -2.24. The fourth-order valence-electron chi connectivity index (χ4n) is 8.36. The van der Waals surface area contributed by atoms with Crippen LogP contribution >= 0.6 is 0 Å². The van der Waals surface area contributed by atoms with Crippen molar-refractivity contribution in [3.63, 3.8) is 0 Å². The fourth-order valence-corrected chi connectivity index (χ4v) is 8.36. The zero-order valence-electron chi connectivity index (χ0n) is 32.0. The van der Waals surface area contributed by atoms with Gasteiger partial charge in [-0.05, 0) is 163 Å². The number of allylic oxidation sites excluding steroid dienone is 4. The molecule has 2 aromatic rings. The quantitative estimate of drug-likeness (QED) is 0.193. The molecular formula is C45H74O5. The summed E-state index contributed by atoms with van der Waals surface area (Å²) in [5, 5.41) is 30.7. The SMILES string of the molecule is C.C.COc1c(C)c(C)cc2c1[C@H](C)CC[C@H]2[C@@H](CO)CCC=C(C)C.COc1c(C)cc2c(c1O)[C@H](C)CC[C@H]2[C@@H](CO)CCC=C(C)C. The van der Waals surface area contributed by atoms with E-state index in [9.17, 15) is 15.3 Å². The van der Waals surface area contributed by atoms with Gasteiger partial charge in [0, 0.05) is 24.3 Å². The van der Waals surface area contributed by atoms with Crippen molar-refractivity contribution in [2.75, 3.05) is 27.4 Å². The topological polar surface area (TPSA) is 79.2 Å². The minimum Gasteiger partial charge on any atom is -0.504 e. The summed E-state index contributed by atoms with van der Waals surface area (Å²) < 4.78 is 11.2. The first kappa shape index (κ1) is 45.3. The van der Waals surface area contributed by atoms with Crippen molar-refractivity contribution >= 4 is 0 Å². The zero-order chi connectivity index (χ0) is 35.7. The molecule has 6 atom stereocenters. The Bertz CT molecular complexity index is 1410. The highest BCUT2D eigenvalue weighted by molar-refractivity contribution is 5.58. The number of methoxy groups -OCH3 is 2. The van der Waals surface area contributed by atoms with Gasteiger partial charge in [-0.1, -0.05) is 64.1 Å². The number of fused-ring (bicyclic) bond motifs is 2. The van der Waals surface area contributed by atoms with Crippen molar-refractivity contribution < 1.29 is 24.8 Å². The van der Waals surface area contributed by atoms with Crippen LogP contribution in [0.25, 0.3) is 0 Å². The molecule has 0 aliphatic heterocycles. The molecule has 0 bridgehead atoms. The van der Waals surface area contributed by atoms with Gasteiger partial charge < -0.3 is 24.8 Å². The van der Waals surface area contributed by atoms with E-state index in [1.807, 2.05) is 6.92 Å². The zero-order valence-corrected chi connectivity index (χ0v) is 32.0. The Balaban J connectivity index is 0.000000481. The van der Waals surface area contributed by atoms with Crippen LogP contribution in [0.4, 0.5) is 0 Å². The molecule has 0 saturated heterocycles. The van der Waals surface area contributed by atoms with E-state index in [1.165, 1.54) is 51.8 Å². The number of aliphatic hydroxyl groups is 2. The van der Waals surface area contributed by atoms with Crippen LogP contribution in [0.15, 0.2) is 35.4 Å². The monoisotopic (exact) mass is 695 g/mol. The summed E-state index contributed by atoms with van der Waals surface area (Å²) in [6, 6.07) is 4.52. The van der Waals surface area contributed by atoms with Gasteiger partial charge in [0.2, 0.25) is 0 Å². The van der Waals surface area contributed by atoms with Crippen LogP contribution in [0.5, 0.6) is 17.2 Å². The average molecular weight is 695 g/mol. The third-order valence-electron chi connectivity index (χ3n) is 11.2. The van der Waals surface area contributed by atoms with Crippen LogP contribution in [0.3, 0.4) is 0 Å². The molecule has 0 unspecified atom stereocenters. The fraction of sp³-hybridized carbons (Fsp3) is 0.644. The van der Waals surface area contributed by atoms with Crippen molar-refractivity contribution in [1.29, 1.82) is 0 Å². The summed E-state index contributed by atoms with van der Waals surface area (Å²) in [6.45, 7) is 19.7. The van der Waals surface area contributed by atoms with Crippen LogP contribution in [-0.4, -0.2) is 42.8 Å². The smallest absolute Gasteiger partial charge is 0.163 e. The van der Waals surface area contributed by atoms with Crippen LogP contribution < -0.4 is 9.47 Å². The summed E-state index contributed by atoms with van der Waals surface area (Å²) >= 11 is 0. The number of aromatic hydroxyl groups is 1. The van der Waals surface area contributed by atoms with Gasteiger partial charge >= 0.3 is 0 Å². The van der Waals surface area contributed by atoms with Crippen LogP contribution in [-0.2, 0) is 0 Å². The molecule has 0 saturated carbocycles. The Morgan fingerprint density at radius 2 is 1.12 bits per heavy atom. The number of benzene rings is 2. The molecule has 5 nitrogen and oxygen atoms in total. The van der Waals surface area contributed by atoms with Crippen LogP contribution in [0.1, 0.15) is 170 Å². The first-order valence-electron chi connectivity index (χ1n) is 18.4. The Labute approximate surface area is 307 Å². The first-order valence-corrected chi connectivity index (χ1v) is 18.4. The predicted molar refractivity (Wildman–Crippen MR) is 215 cm³/mol. The predicted octanol–water partition coefficient (Wildman–Crippen LogP) is 12.0. The third kappa shape index (κ3) is 10.6. The molecule has 0 aromatic heterocycles. The Morgan fingerprint density at radius 3 is 1.54 bits per heavy atom. The second kappa shape index (κ2) is 20.9. The first-order chi connectivity index (χ1) is 22.8. The average Bonchev–Trinajstić information content (AvgIpc) is 3.03. The molecule has 0 spiro atoms. The Kier molecular flexibility index (Phi) is 18.9. The lowest BCUT2D eigenvalue weighted by molar-refractivity contribution is 0.185. The summed E-state index contributed by atoms with van der Waals surface area (Å²) in [6.07, 6.45) is 13.1. The Hall–Kier alpha value is -2.76. The minimum absolute atomic E-state index is 0. The van der Waals surface area contributed by atoms with E-state index in [4.69, 9.17) is 9.47 Å². The highest BCUT2D eigenvalue weighted by Crippen LogP contribution is 2.51. The highest BCUT2D eigenvalue weighted by Gasteiger charge is 2.35. The van der Waals surface area contributed by atoms with Crippen molar-refractivity contribution in [3.05, 3.63) is 74.4 Å².